The molecule has 0 radical (unpaired) electrons. The Morgan fingerprint density at radius 2 is 1.65 bits per heavy atom. The van der Waals surface area contributed by atoms with Crippen LogP contribution in [0.3, 0.4) is 0 Å². The molecule has 3 heterocycles. The number of aromatic amines is 1. The molecule has 2 aromatic rings. The molecule has 0 aromatic carbocycles. The molecule has 1 aliphatic heterocycles. The summed E-state index contributed by atoms with van der Waals surface area (Å²) in [6.45, 7) is 7.04. The lowest BCUT2D eigenvalue weighted by Crippen LogP contribution is -2.39. The van der Waals surface area contributed by atoms with Crippen molar-refractivity contribution in [2.45, 2.75) is 27.2 Å². The first kappa shape index (κ1) is 17.9. The Labute approximate surface area is 150 Å². The van der Waals surface area contributed by atoms with Crippen LogP contribution in [-0.2, 0) is 0 Å². The van der Waals surface area contributed by atoms with Gasteiger partial charge in [0.2, 0.25) is 0 Å². The van der Waals surface area contributed by atoms with Gasteiger partial charge in [0.1, 0.15) is 22.9 Å². The fourth-order valence-corrected chi connectivity index (χ4v) is 3.14. The van der Waals surface area contributed by atoms with Crippen molar-refractivity contribution in [3.63, 3.8) is 0 Å². The number of furan rings is 1. The number of carbonyl (C=O) groups excluding carboxylic acids is 2. The quantitative estimate of drug-likeness (QED) is 0.872. The number of hydrogen-bond donors (Lipinski definition) is 1. The summed E-state index contributed by atoms with van der Waals surface area (Å²) in [5, 5.41) is 0. The Hall–Kier alpha value is -2.90. The Kier molecular flexibility index (Phi) is 4.92. The molecule has 3 rings (SSSR count). The van der Waals surface area contributed by atoms with Crippen LogP contribution in [0.5, 0.6) is 0 Å². The number of aromatic nitrogens is 2. The molecule has 1 saturated heterocycles. The number of nitrogens with one attached hydrogen (secondary N) is 1. The maximum absolute atomic E-state index is 12.7. The van der Waals surface area contributed by atoms with Gasteiger partial charge >= 0.3 is 0 Å². The van der Waals surface area contributed by atoms with E-state index in [4.69, 9.17) is 4.42 Å². The van der Waals surface area contributed by atoms with E-state index in [2.05, 4.69) is 9.97 Å². The topological polar surface area (TPSA) is 99.5 Å². The number of amides is 2. The molecule has 8 heteroatoms. The van der Waals surface area contributed by atoms with Crippen molar-refractivity contribution >= 4 is 11.8 Å². The largest absolute Gasteiger partial charge is 0.466 e. The highest BCUT2D eigenvalue weighted by atomic mass is 16.3. The lowest BCUT2D eigenvalue weighted by Gasteiger charge is -2.22. The van der Waals surface area contributed by atoms with E-state index in [-0.39, 0.29) is 17.4 Å². The molecule has 0 spiro atoms. The minimum atomic E-state index is -0.441. The third-order valence-electron chi connectivity index (χ3n) is 4.50. The summed E-state index contributed by atoms with van der Waals surface area (Å²) in [7, 11) is 0. The highest BCUT2D eigenvalue weighted by molar-refractivity contribution is 5.96. The number of rotatable bonds is 2. The molecular formula is C18H22N4O4. The number of nitrogens with zero attached hydrogens (tertiary/aromatic N) is 3. The van der Waals surface area contributed by atoms with Crippen LogP contribution in [0.2, 0.25) is 0 Å². The zero-order valence-electron chi connectivity index (χ0n) is 15.2. The van der Waals surface area contributed by atoms with E-state index in [0.29, 0.717) is 55.5 Å². The van der Waals surface area contributed by atoms with Crippen LogP contribution in [0.4, 0.5) is 0 Å². The van der Waals surface area contributed by atoms with Crippen molar-refractivity contribution in [3.05, 3.63) is 51.1 Å². The zero-order valence-corrected chi connectivity index (χ0v) is 15.2. The summed E-state index contributed by atoms with van der Waals surface area (Å²) in [5.74, 6) is 1.31. The molecule has 1 N–H and O–H groups in total. The molecule has 1 aliphatic rings. The molecule has 26 heavy (non-hydrogen) atoms. The van der Waals surface area contributed by atoms with Gasteiger partial charge in [0, 0.05) is 32.4 Å². The molecule has 0 unspecified atom stereocenters. The van der Waals surface area contributed by atoms with Gasteiger partial charge in [-0.1, -0.05) is 0 Å². The van der Waals surface area contributed by atoms with Gasteiger partial charge in [0.15, 0.2) is 0 Å². The lowest BCUT2D eigenvalue weighted by atomic mass is 10.2. The Bertz CT molecular complexity index is 899. The van der Waals surface area contributed by atoms with Crippen LogP contribution >= 0.6 is 0 Å². The Balaban J connectivity index is 1.72. The van der Waals surface area contributed by atoms with E-state index in [1.165, 1.54) is 6.20 Å². The third kappa shape index (κ3) is 3.54. The SMILES string of the molecule is Cc1ncc(C(=O)N2CCCN(C(=O)c3cc(C)oc3C)CC2)c(=O)[nH]1. The summed E-state index contributed by atoms with van der Waals surface area (Å²) in [5.41, 5.74) is 0.141. The van der Waals surface area contributed by atoms with E-state index < -0.39 is 5.56 Å². The van der Waals surface area contributed by atoms with Crippen LogP contribution < -0.4 is 5.56 Å². The summed E-state index contributed by atoms with van der Waals surface area (Å²) in [6.07, 6.45) is 1.95. The predicted molar refractivity (Wildman–Crippen MR) is 94.2 cm³/mol. The maximum Gasteiger partial charge on any atom is 0.263 e. The summed E-state index contributed by atoms with van der Waals surface area (Å²) < 4.78 is 5.44. The van der Waals surface area contributed by atoms with Crippen molar-refractivity contribution < 1.29 is 14.0 Å². The number of H-pyrrole nitrogens is 1. The molecule has 1 fully saturated rings. The predicted octanol–water partition coefficient (Wildman–Crippen LogP) is 1.28. The highest BCUT2D eigenvalue weighted by Crippen LogP contribution is 2.17. The number of carbonyl (C=O) groups is 2. The monoisotopic (exact) mass is 358 g/mol. The van der Waals surface area contributed by atoms with E-state index in [1.54, 1.807) is 36.6 Å². The molecule has 0 aliphatic carbocycles. The van der Waals surface area contributed by atoms with Gasteiger partial charge in [-0.25, -0.2) is 4.98 Å². The first-order valence-electron chi connectivity index (χ1n) is 8.58. The van der Waals surface area contributed by atoms with Gasteiger partial charge in [-0.05, 0) is 33.3 Å². The average molecular weight is 358 g/mol. The normalized spacial score (nSPS) is 15.0. The summed E-state index contributed by atoms with van der Waals surface area (Å²) >= 11 is 0. The number of hydrogen-bond acceptors (Lipinski definition) is 5. The van der Waals surface area contributed by atoms with E-state index in [0.717, 1.165) is 0 Å². The molecular weight excluding hydrogens is 336 g/mol. The van der Waals surface area contributed by atoms with Crippen molar-refractivity contribution in [2.24, 2.45) is 0 Å². The molecule has 2 aromatic heterocycles. The third-order valence-corrected chi connectivity index (χ3v) is 4.50. The van der Waals surface area contributed by atoms with Crippen molar-refractivity contribution in [3.8, 4) is 0 Å². The van der Waals surface area contributed by atoms with Gasteiger partial charge < -0.3 is 19.2 Å². The van der Waals surface area contributed by atoms with E-state index >= 15 is 0 Å². The number of aryl methyl sites for hydroxylation is 3. The highest BCUT2D eigenvalue weighted by Gasteiger charge is 2.26. The first-order valence-corrected chi connectivity index (χ1v) is 8.58. The van der Waals surface area contributed by atoms with Gasteiger partial charge in [0.25, 0.3) is 17.4 Å². The van der Waals surface area contributed by atoms with Crippen LogP contribution in [0.1, 0.15) is 44.5 Å². The minimum Gasteiger partial charge on any atom is -0.466 e. The first-order chi connectivity index (χ1) is 12.4. The Morgan fingerprint density at radius 3 is 2.19 bits per heavy atom. The lowest BCUT2D eigenvalue weighted by molar-refractivity contribution is 0.0716. The molecule has 8 nitrogen and oxygen atoms in total. The van der Waals surface area contributed by atoms with Crippen LogP contribution in [0.15, 0.2) is 21.5 Å². The van der Waals surface area contributed by atoms with Gasteiger partial charge in [-0.2, -0.15) is 0 Å². The van der Waals surface area contributed by atoms with Gasteiger partial charge in [-0.3, -0.25) is 14.4 Å². The van der Waals surface area contributed by atoms with Crippen molar-refractivity contribution in [1.82, 2.24) is 19.8 Å². The maximum atomic E-state index is 12.7. The fourth-order valence-electron chi connectivity index (χ4n) is 3.14. The molecule has 0 saturated carbocycles. The average Bonchev–Trinajstić information content (AvgIpc) is 2.80. The van der Waals surface area contributed by atoms with Crippen molar-refractivity contribution in [2.75, 3.05) is 26.2 Å². The zero-order chi connectivity index (χ0) is 18.8. The molecule has 2 amide bonds. The van der Waals surface area contributed by atoms with E-state index in [9.17, 15) is 14.4 Å². The second-order valence-electron chi connectivity index (χ2n) is 6.48. The van der Waals surface area contributed by atoms with Crippen LogP contribution in [0.25, 0.3) is 0 Å². The molecule has 0 atom stereocenters. The smallest absolute Gasteiger partial charge is 0.263 e. The summed E-state index contributed by atoms with van der Waals surface area (Å²) in [6, 6.07) is 1.74. The minimum absolute atomic E-state index is 0.0247. The van der Waals surface area contributed by atoms with Gasteiger partial charge in [0.05, 0.1) is 5.56 Å². The Morgan fingerprint density at radius 1 is 1.04 bits per heavy atom. The summed E-state index contributed by atoms with van der Waals surface area (Å²) in [4.78, 5) is 47.2. The fraction of sp³-hybridized carbons (Fsp3) is 0.444. The van der Waals surface area contributed by atoms with Crippen molar-refractivity contribution in [1.29, 1.82) is 0 Å². The second-order valence-corrected chi connectivity index (χ2v) is 6.48. The van der Waals surface area contributed by atoms with Gasteiger partial charge in [-0.15, -0.1) is 0 Å². The molecule has 0 bridgehead atoms. The van der Waals surface area contributed by atoms with E-state index in [1.807, 2.05) is 0 Å². The second kappa shape index (κ2) is 7.15. The van der Waals surface area contributed by atoms with Crippen LogP contribution in [-0.4, -0.2) is 57.8 Å². The molecule has 138 valence electrons. The van der Waals surface area contributed by atoms with Crippen LogP contribution in [0, 0.1) is 20.8 Å². The standard InChI is InChI=1S/C18H22N4O4/c1-11-9-14(12(2)26-11)17(24)21-5-4-6-22(8-7-21)18(25)15-10-19-13(3)20-16(15)23/h9-10H,4-8H2,1-3H3,(H,19,20,23).